The molecule has 5 aromatic rings. The standard InChI is InChI=1S/C22H18N6O/c1-12-13(2)24-22(26-17-5-6-19-16(8-17)10-23-28-19)27-21(12)15-4-3-14-7-18(11-29)25-20(14)9-15/h3-11,25H,1-2H3,(H,23,28)(H,24,26,27). The average Bonchev–Trinajstić information content (AvgIpc) is 3.35. The van der Waals surface area contributed by atoms with Crippen LogP contribution in [0.4, 0.5) is 11.6 Å². The predicted octanol–water partition coefficient (Wildman–Crippen LogP) is 4.67. The topological polar surface area (TPSA) is 99.3 Å². The molecule has 7 heteroatoms. The smallest absolute Gasteiger partial charge is 0.228 e. The maximum Gasteiger partial charge on any atom is 0.228 e. The maximum atomic E-state index is 11.0. The van der Waals surface area contributed by atoms with Crippen molar-refractivity contribution >= 4 is 39.7 Å². The second-order valence-electron chi connectivity index (χ2n) is 7.05. The lowest BCUT2D eigenvalue weighted by Gasteiger charge is -2.12. The van der Waals surface area contributed by atoms with Crippen LogP contribution in [-0.4, -0.2) is 31.4 Å². The van der Waals surface area contributed by atoms with E-state index in [0.29, 0.717) is 11.6 Å². The first-order valence-corrected chi connectivity index (χ1v) is 9.24. The van der Waals surface area contributed by atoms with Gasteiger partial charge in [-0.05, 0) is 49.7 Å². The van der Waals surface area contributed by atoms with Crippen LogP contribution < -0.4 is 5.32 Å². The number of hydrogen-bond donors (Lipinski definition) is 3. The van der Waals surface area contributed by atoms with Gasteiger partial charge in [-0.25, -0.2) is 9.97 Å². The molecule has 0 fully saturated rings. The first-order valence-electron chi connectivity index (χ1n) is 9.24. The molecule has 3 heterocycles. The lowest BCUT2D eigenvalue weighted by Crippen LogP contribution is -2.03. The highest BCUT2D eigenvalue weighted by molar-refractivity contribution is 5.90. The molecule has 0 spiro atoms. The van der Waals surface area contributed by atoms with Crippen LogP contribution in [0.15, 0.2) is 48.7 Å². The van der Waals surface area contributed by atoms with Crippen molar-refractivity contribution in [1.29, 1.82) is 0 Å². The number of hydrogen-bond acceptors (Lipinski definition) is 5. The molecule has 142 valence electrons. The quantitative estimate of drug-likeness (QED) is 0.392. The van der Waals surface area contributed by atoms with Gasteiger partial charge in [-0.15, -0.1) is 0 Å². The highest BCUT2D eigenvalue weighted by Gasteiger charge is 2.12. The molecule has 0 saturated carbocycles. The van der Waals surface area contributed by atoms with E-state index >= 15 is 0 Å². The van der Waals surface area contributed by atoms with E-state index in [1.807, 2.05) is 56.3 Å². The lowest BCUT2D eigenvalue weighted by molar-refractivity contribution is 0.112. The van der Waals surface area contributed by atoms with Gasteiger partial charge in [0.15, 0.2) is 6.29 Å². The minimum Gasteiger partial charge on any atom is -0.352 e. The van der Waals surface area contributed by atoms with E-state index in [2.05, 4.69) is 25.5 Å². The Hall–Kier alpha value is -4.00. The minimum atomic E-state index is 0.533. The number of aryl methyl sites for hydroxylation is 1. The Morgan fingerprint density at radius 3 is 2.72 bits per heavy atom. The second-order valence-corrected chi connectivity index (χ2v) is 7.05. The van der Waals surface area contributed by atoms with Crippen molar-refractivity contribution in [3.8, 4) is 11.3 Å². The molecular formula is C22H18N6O. The number of nitrogens with one attached hydrogen (secondary N) is 3. The number of fused-ring (bicyclic) bond motifs is 2. The van der Waals surface area contributed by atoms with Gasteiger partial charge in [-0.2, -0.15) is 5.10 Å². The van der Waals surface area contributed by atoms with E-state index in [1.165, 1.54) is 0 Å². The molecular weight excluding hydrogens is 364 g/mol. The highest BCUT2D eigenvalue weighted by Crippen LogP contribution is 2.28. The van der Waals surface area contributed by atoms with Crippen molar-refractivity contribution in [3.63, 3.8) is 0 Å². The van der Waals surface area contributed by atoms with Crippen molar-refractivity contribution in [3.05, 3.63) is 65.6 Å². The monoisotopic (exact) mass is 382 g/mol. The number of rotatable bonds is 4. The number of nitrogens with zero attached hydrogens (tertiary/aromatic N) is 3. The molecule has 29 heavy (non-hydrogen) atoms. The Labute approximate surface area is 166 Å². The number of anilines is 2. The van der Waals surface area contributed by atoms with Gasteiger partial charge < -0.3 is 10.3 Å². The third-order valence-corrected chi connectivity index (χ3v) is 5.13. The number of carbonyl (C=O) groups excluding carboxylic acids is 1. The Morgan fingerprint density at radius 2 is 1.86 bits per heavy atom. The summed E-state index contributed by atoms with van der Waals surface area (Å²) in [6.45, 7) is 3.99. The van der Waals surface area contributed by atoms with Crippen LogP contribution in [0.25, 0.3) is 33.1 Å². The summed E-state index contributed by atoms with van der Waals surface area (Å²) < 4.78 is 0. The highest BCUT2D eigenvalue weighted by atomic mass is 16.1. The summed E-state index contributed by atoms with van der Waals surface area (Å²) in [5, 5.41) is 12.3. The second kappa shape index (κ2) is 6.56. The number of carbonyl (C=O) groups is 1. The zero-order chi connectivity index (χ0) is 20.0. The third kappa shape index (κ3) is 3.02. The van der Waals surface area contributed by atoms with Crippen molar-refractivity contribution in [2.24, 2.45) is 0 Å². The van der Waals surface area contributed by atoms with Crippen LogP contribution in [-0.2, 0) is 0 Å². The maximum absolute atomic E-state index is 11.0. The molecule has 0 aliphatic rings. The molecule has 3 aromatic heterocycles. The normalized spacial score (nSPS) is 11.2. The molecule has 0 unspecified atom stereocenters. The first kappa shape index (κ1) is 17.1. The number of benzene rings is 2. The van der Waals surface area contributed by atoms with Gasteiger partial charge in [-0.3, -0.25) is 9.89 Å². The Kier molecular flexibility index (Phi) is 3.87. The molecule has 2 aromatic carbocycles. The van der Waals surface area contributed by atoms with Gasteiger partial charge >= 0.3 is 0 Å². The van der Waals surface area contributed by atoms with Gasteiger partial charge in [-0.1, -0.05) is 12.1 Å². The fraction of sp³-hybridized carbons (Fsp3) is 0.0909. The lowest BCUT2D eigenvalue weighted by atomic mass is 10.0. The molecule has 5 rings (SSSR count). The van der Waals surface area contributed by atoms with Crippen LogP contribution in [0.5, 0.6) is 0 Å². The van der Waals surface area contributed by atoms with Crippen LogP contribution in [0.1, 0.15) is 21.7 Å². The summed E-state index contributed by atoms with van der Waals surface area (Å²) in [5.74, 6) is 0.533. The number of aromatic amines is 2. The number of H-pyrrole nitrogens is 2. The number of aromatic nitrogens is 5. The number of aldehydes is 1. The van der Waals surface area contributed by atoms with Crippen molar-refractivity contribution in [2.45, 2.75) is 13.8 Å². The summed E-state index contributed by atoms with van der Waals surface area (Å²) in [7, 11) is 0. The van der Waals surface area contributed by atoms with Gasteiger partial charge in [0.1, 0.15) is 0 Å². The molecule has 0 radical (unpaired) electrons. The van der Waals surface area contributed by atoms with Crippen molar-refractivity contribution < 1.29 is 4.79 Å². The van der Waals surface area contributed by atoms with Crippen LogP contribution in [0.2, 0.25) is 0 Å². The van der Waals surface area contributed by atoms with E-state index in [9.17, 15) is 4.79 Å². The van der Waals surface area contributed by atoms with E-state index < -0.39 is 0 Å². The largest absolute Gasteiger partial charge is 0.352 e. The SMILES string of the molecule is Cc1nc(Nc2ccc3[nH]ncc3c2)nc(-c2ccc3cc(C=O)[nH]c3c2)c1C. The van der Waals surface area contributed by atoms with Gasteiger partial charge in [0, 0.05) is 33.2 Å². The average molecular weight is 382 g/mol. The molecule has 0 aliphatic carbocycles. The van der Waals surface area contributed by atoms with Gasteiger partial charge in [0.05, 0.1) is 23.1 Å². The van der Waals surface area contributed by atoms with Crippen molar-refractivity contribution in [2.75, 3.05) is 5.32 Å². The van der Waals surface area contributed by atoms with Crippen molar-refractivity contribution in [1.82, 2.24) is 25.1 Å². The molecule has 0 saturated heterocycles. The summed E-state index contributed by atoms with van der Waals surface area (Å²) in [6, 6.07) is 13.8. The molecule has 7 nitrogen and oxygen atoms in total. The zero-order valence-electron chi connectivity index (χ0n) is 15.9. The van der Waals surface area contributed by atoms with E-state index in [-0.39, 0.29) is 0 Å². The third-order valence-electron chi connectivity index (χ3n) is 5.13. The molecule has 0 atom stereocenters. The summed E-state index contributed by atoms with van der Waals surface area (Å²) in [6.07, 6.45) is 2.60. The van der Waals surface area contributed by atoms with Crippen LogP contribution in [0.3, 0.4) is 0 Å². The van der Waals surface area contributed by atoms with Gasteiger partial charge in [0.2, 0.25) is 5.95 Å². The molecule has 0 aliphatic heterocycles. The fourth-order valence-corrected chi connectivity index (χ4v) is 3.48. The van der Waals surface area contributed by atoms with E-state index in [0.717, 1.165) is 56.3 Å². The Balaban J connectivity index is 1.56. The predicted molar refractivity (Wildman–Crippen MR) is 114 cm³/mol. The first-order chi connectivity index (χ1) is 14.1. The van der Waals surface area contributed by atoms with E-state index in [1.54, 1.807) is 6.20 Å². The van der Waals surface area contributed by atoms with Crippen LogP contribution in [0, 0.1) is 13.8 Å². The summed E-state index contributed by atoms with van der Waals surface area (Å²) >= 11 is 0. The Bertz CT molecular complexity index is 1380. The molecule has 0 amide bonds. The summed E-state index contributed by atoms with van der Waals surface area (Å²) in [4.78, 5) is 23.5. The molecule has 0 bridgehead atoms. The zero-order valence-corrected chi connectivity index (χ0v) is 15.9. The fourth-order valence-electron chi connectivity index (χ4n) is 3.48. The van der Waals surface area contributed by atoms with Gasteiger partial charge in [0.25, 0.3) is 0 Å². The van der Waals surface area contributed by atoms with E-state index in [4.69, 9.17) is 4.98 Å². The summed E-state index contributed by atoms with van der Waals surface area (Å²) in [5.41, 5.74) is 7.07. The Morgan fingerprint density at radius 1 is 0.966 bits per heavy atom. The van der Waals surface area contributed by atoms with Crippen LogP contribution >= 0.6 is 0 Å². The molecule has 3 N–H and O–H groups in total. The minimum absolute atomic E-state index is 0.533.